The summed E-state index contributed by atoms with van der Waals surface area (Å²) in [6.07, 6.45) is -0.233. The van der Waals surface area contributed by atoms with Crippen LogP contribution in [0.4, 0.5) is 0 Å². The standard InChI is InChI=1S/C10H18O6S/c1-6-8(15-2)10(5-12)7(17(13)14)3-9(6,4-11)16-10/h6-8,11-12H,3-5H2,1-2H3,(H,13,14). The quantitative estimate of drug-likeness (QED) is 0.572. The zero-order chi connectivity index (χ0) is 12.8. The molecule has 17 heavy (non-hydrogen) atoms. The fraction of sp³-hybridized carbons (Fsp3) is 1.00. The highest BCUT2D eigenvalue weighted by molar-refractivity contribution is 7.80. The highest BCUT2D eigenvalue weighted by Crippen LogP contribution is 2.56. The van der Waals surface area contributed by atoms with Crippen molar-refractivity contribution in [2.24, 2.45) is 5.92 Å². The number of hydrogen-bond acceptors (Lipinski definition) is 5. The van der Waals surface area contributed by atoms with Gasteiger partial charge in [0.2, 0.25) is 0 Å². The highest BCUT2D eigenvalue weighted by atomic mass is 32.2. The van der Waals surface area contributed by atoms with Gasteiger partial charge in [-0.3, -0.25) is 0 Å². The van der Waals surface area contributed by atoms with Crippen LogP contribution in [0.3, 0.4) is 0 Å². The van der Waals surface area contributed by atoms with Gasteiger partial charge in [0.05, 0.1) is 30.2 Å². The number of aliphatic hydroxyl groups excluding tert-OH is 2. The summed E-state index contributed by atoms with van der Waals surface area (Å²) in [6, 6.07) is 0. The molecule has 6 nitrogen and oxygen atoms in total. The molecule has 0 aromatic carbocycles. The highest BCUT2D eigenvalue weighted by Gasteiger charge is 2.71. The third kappa shape index (κ3) is 1.54. The van der Waals surface area contributed by atoms with E-state index in [4.69, 9.17) is 9.47 Å². The van der Waals surface area contributed by atoms with Crippen molar-refractivity contribution in [1.29, 1.82) is 0 Å². The summed E-state index contributed by atoms with van der Waals surface area (Å²) in [6.45, 7) is 1.22. The molecule has 2 bridgehead atoms. The summed E-state index contributed by atoms with van der Waals surface area (Å²) >= 11 is -2.12. The smallest absolute Gasteiger partial charge is 0.159 e. The molecule has 6 atom stereocenters. The maximum absolute atomic E-state index is 11.4. The first-order valence-corrected chi connectivity index (χ1v) is 6.69. The second-order valence-electron chi connectivity index (χ2n) is 4.85. The van der Waals surface area contributed by atoms with Gasteiger partial charge >= 0.3 is 0 Å². The molecule has 0 aromatic rings. The van der Waals surface area contributed by atoms with Crippen LogP contribution in [0.25, 0.3) is 0 Å². The van der Waals surface area contributed by atoms with E-state index in [1.807, 2.05) is 6.92 Å². The van der Waals surface area contributed by atoms with Gasteiger partial charge in [0, 0.05) is 13.0 Å². The van der Waals surface area contributed by atoms with Crippen molar-refractivity contribution in [2.75, 3.05) is 20.3 Å². The van der Waals surface area contributed by atoms with E-state index in [0.29, 0.717) is 0 Å². The van der Waals surface area contributed by atoms with Gasteiger partial charge in [0.1, 0.15) is 5.60 Å². The summed E-state index contributed by atoms with van der Waals surface area (Å²) in [7, 11) is 1.48. The molecule has 2 heterocycles. The maximum Gasteiger partial charge on any atom is 0.159 e. The summed E-state index contributed by atoms with van der Waals surface area (Å²) < 4.78 is 31.8. The molecule has 100 valence electrons. The van der Waals surface area contributed by atoms with Gasteiger partial charge in [-0.05, 0) is 6.42 Å². The molecule has 0 radical (unpaired) electrons. The Morgan fingerprint density at radius 2 is 2.12 bits per heavy atom. The Hall–Kier alpha value is -0.0500. The van der Waals surface area contributed by atoms with Gasteiger partial charge in [-0.25, -0.2) is 4.21 Å². The van der Waals surface area contributed by atoms with Crippen LogP contribution >= 0.6 is 0 Å². The number of fused-ring (bicyclic) bond motifs is 2. The number of methoxy groups -OCH3 is 1. The summed E-state index contributed by atoms with van der Waals surface area (Å²) in [5.41, 5.74) is -2.07. The molecule has 7 heteroatoms. The first kappa shape index (κ1) is 13.4. The van der Waals surface area contributed by atoms with Crippen LogP contribution in [0.2, 0.25) is 0 Å². The van der Waals surface area contributed by atoms with Crippen molar-refractivity contribution in [2.45, 2.75) is 35.9 Å². The predicted octanol–water partition coefficient (Wildman–Crippen LogP) is -0.876. The fourth-order valence-corrected chi connectivity index (χ4v) is 4.32. The monoisotopic (exact) mass is 266 g/mol. The molecule has 2 rings (SSSR count). The van der Waals surface area contributed by atoms with Crippen LogP contribution in [0.1, 0.15) is 13.3 Å². The summed E-state index contributed by atoms with van der Waals surface area (Å²) in [4.78, 5) is 0. The molecule has 2 aliphatic heterocycles. The SMILES string of the molecule is COC1C(C)C2(CO)CC(S(=O)O)C1(CO)O2. The van der Waals surface area contributed by atoms with E-state index in [1.54, 1.807) is 0 Å². The summed E-state index contributed by atoms with van der Waals surface area (Å²) in [5, 5.41) is 18.3. The number of ether oxygens (including phenoxy) is 2. The number of aliphatic hydroxyl groups is 2. The van der Waals surface area contributed by atoms with Gasteiger partial charge in [0.15, 0.2) is 11.1 Å². The lowest BCUT2D eigenvalue weighted by Crippen LogP contribution is -2.57. The minimum absolute atomic E-state index is 0.135. The topological polar surface area (TPSA) is 96.2 Å². The number of hydrogen-bond donors (Lipinski definition) is 3. The van der Waals surface area contributed by atoms with E-state index in [1.165, 1.54) is 7.11 Å². The Labute approximate surface area is 102 Å². The Morgan fingerprint density at radius 3 is 2.53 bits per heavy atom. The van der Waals surface area contributed by atoms with E-state index in [-0.39, 0.29) is 18.9 Å². The van der Waals surface area contributed by atoms with Crippen molar-refractivity contribution in [3.05, 3.63) is 0 Å². The van der Waals surface area contributed by atoms with Crippen molar-refractivity contribution < 1.29 is 28.4 Å². The normalized spacial score (nSPS) is 50.8. The molecule has 2 saturated heterocycles. The zero-order valence-corrected chi connectivity index (χ0v) is 10.6. The lowest BCUT2D eigenvalue weighted by atomic mass is 9.73. The third-order valence-electron chi connectivity index (χ3n) is 4.25. The Balaban J connectivity index is 2.45. The second-order valence-corrected chi connectivity index (χ2v) is 5.97. The van der Waals surface area contributed by atoms with Crippen LogP contribution in [0.15, 0.2) is 0 Å². The molecule has 2 fully saturated rings. The molecule has 0 saturated carbocycles. The minimum Gasteiger partial charge on any atom is -0.393 e. The van der Waals surface area contributed by atoms with Gasteiger partial charge in [0.25, 0.3) is 0 Å². The van der Waals surface area contributed by atoms with Crippen molar-refractivity contribution >= 4 is 11.1 Å². The van der Waals surface area contributed by atoms with Crippen LogP contribution in [0, 0.1) is 5.92 Å². The van der Waals surface area contributed by atoms with Crippen molar-refractivity contribution in [3.63, 3.8) is 0 Å². The lowest BCUT2D eigenvalue weighted by Gasteiger charge is -2.38. The molecule has 0 aromatic heterocycles. The Kier molecular flexibility index (Phi) is 3.35. The first-order valence-electron chi connectivity index (χ1n) is 5.52. The van der Waals surface area contributed by atoms with Crippen molar-refractivity contribution in [3.8, 4) is 0 Å². The molecule has 3 N–H and O–H groups in total. The molecular weight excluding hydrogens is 248 g/mol. The van der Waals surface area contributed by atoms with E-state index in [9.17, 15) is 19.0 Å². The average molecular weight is 266 g/mol. The van der Waals surface area contributed by atoms with Crippen LogP contribution in [0.5, 0.6) is 0 Å². The van der Waals surface area contributed by atoms with E-state index in [0.717, 1.165) is 0 Å². The van der Waals surface area contributed by atoms with Gasteiger partial charge in [-0.15, -0.1) is 0 Å². The maximum atomic E-state index is 11.4. The average Bonchev–Trinajstić information content (AvgIpc) is 2.78. The van der Waals surface area contributed by atoms with Crippen LogP contribution in [-0.4, -0.2) is 61.9 Å². The third-order valence-corrected chi connectivity index (χ3v) is 5.30. The molecule has 6 unspecified atom stereocenters. The Morgan fingerprint density at radius 1 is 1.47 bits per heavy atom. The Bertz CT molecular complexity index is 337. The fourth-order valence-electron chi connectivity index (χ4n) is 3.30. The molecule has 2 aliphatic rings. The van der Waals surface area contributed by atoms with Gasteiger partial charge < -0.3 is 24.2 Å². The number of rotatable bonds is 4. The summed E-state index contributed by atoms with van der Waals surface area (Å²) in [5.74, 6) is -0.135. The van der Waals surface area contributed by atoms with E-state index >= 15 is 0 Å². The van der Waals surface area contributed by atoms with Crippen molar-refractivity contribution in [1.82, 2.24) is 0 Å². The van der Waals surface area contributed by atoms with Gasteiger partial charge in [-0.2, -0.15) is 0 Å². The molecule has 0 amide bonds. The largest absolute Gasteiger partial charge is 0.393 e. The minimum atomic E-state index is -2.12. The zero-order valence-electron chi connectivity index (χ0n) is 9.83. The lowest BCUT2D eigenvalue weighted by molar-refractivity contribution is -0.118. The second kappa shape index (κ2) is 4.25. The van der Waals surface area contributed by atoms with Gasteiger partial charge in [-0.1, -0.05) is 6.92 Å². The molecule has 0 aliphatic carbocycles. The predicted molar refractivity (Wildman–Crippen MR) is 59.9 cm³/mol. The molecule has 0 spiro atoms. The van der Waals surface area contributed by atoms with Crippen LogP contribution < -0.4 is 0 Å². The van der Waals surface area contributed by atoms with E-state index in [2.05, 4.69) is 0 Å². The van der Waals surface area contributed by atoms with Crippen LogP contribution in [-0.2, 0) is 20.6 Å². The van der Waals surface area contributed by atoms with E-state index < -0.39 is 40.2 Å². The first-order chi connectivity index (χ1) is 7.97. The molecular formula is C10H18O6S.